The fourth-order valence-corrected chi connectivity index (χ4v) is 11.6. The van der Waals surface area contributed by atoms with Crippen LogP contribution in [0.3, 0.4) is 0 Å². The fraction of sp³-hybridized carbons (Fsp3) is 0.714. The van der Waals surface area contributed by atoms with Gasteiger partial charge in [-0.05, 0) is 50.9 Å². The molecular formula is C56H89N13O15S. The van der Waals surface area contributed by atoms with Crippen molar-refractivity contribution in [2.45, 2.75) is 172 Å². The number of urea groups is 1. The third-order valence-corrected chi connectivity index (χ3v) is 15.9. The van der Waals surface area contributed by atoms with Crippen molar-refractivity contribution in [1.82, 2.24) is 56.9 Å². The summed E-state index contributed by atoms with van der Waals surface area (Å²) < 4.78 is 18.3. The Bertz CT molecular complexity index is 2500. The number of aliphatic hydroxyl groups is 1. The molecule has 2 aromatic rings. The van der Waals surface area contributed by atoms with Gasteiger partial charge in [-0.15, -0.1) is 5.10 Å². The van der Waals surface area contributed by atoms with Crippen LogP contribution in [0.2, 0.25) is 0 Å². The van der Waals surface area contributed by atoms with Gasteiger partial charge in [-0.1, -0.05) is 39.3 Å². The summed E-state index contributed by atoms with van der Waals surface area (Å²) in [6, 6.07) is -3.71. The molecule has 2 saturated heterocycles. The highest BCUT2D eigenvalue weighted by Crippen LogP contribution is 2.33. The van der Waals surface area contributed by atoms with Crippen LogP contribution in [0.15, 0.2) is 18.7 Å². The third kappa shape index (κ3) is 26.2. The predicted octanol–water partition coefficient (Wildman–Crippen LogP) is -0.183. The summed E-state index contributed by atoms with van der Waals surface area (Å²) in [6.45, 7) is 7.11. The van der Waals surface area contributed by atoms with E-state index in [4.69, 9.17) is 25.7 Å². The number of nitrogens with two attached hydrogens (primary N) is 2. The van der Waals surface area contributed by atoms with Gasteiger partial charge in [0.25, 0.3) is 0 Å². The molecule has 2 fully saturated rings. The van der Waals surface area contributed by atoms with Crippen molar-refractivity contribution in [3.8, 4) is 0 Å². The number of aromatic nitrogens is 5. The van der Waals surface area contributed by atoms with Crippen LogP contribution < -0.4 is 43.4 Å². The van der Waals surface area contributed by atoms with Crippen molar-refractivity contribution in [2.24, 2.45) is 35.1 Å². The Morgan fingerprint density at radius 3 is 2.12 bits per heavy atom. The molecule has 0 radical (unpaired) electrons. The molecule has 29 heteroatoms. The monoisotopic (exact) mass is 1220 g/mol. The number of nitrogens with zero attached hydrogens (tertiary/aromatic N) is 4. The van der Waals surface area contributed by atoms with Gasteiger partial charge in [-0.3, -0.25) is 52.6 Å². The summed E-state index contributed by atoms with van der Waals surface area (Å²) in [6.07, 6.45) is 7.24. The molecule has 474 valence electrons. The van der Waals surface area contributed by atoms with Crippen LogP contribution in [0, 0.1) is 23.7 Å². The number of unbranched alkanes of at least 4 members (excludes halogenated alkanes) is 1. The van der Waals surface area contributed by atoms with E-state index in [9.17, 15) is 57.8 Å². The molecule has 2 aromatic heterocycles. The van der Waals surface area contributed by atoms with Gasteiger partial charge in [0.15, 0.2) is 17.3 Å². The number of carbonyl (C=O) groups is 11. The lowest BCUT2D eigenvalue weighted by molar-refractivity contribution is -0.137. The number of ether oxygens (including phenoxy) is 3. The number of ketones is 4. The first-order valence-electron chi connectivity index (χ1n) is 29.5. The minimum Gasteiger partial charge on any atom is -0.394 e. The molecule has 28 nitrogen and oxygen atoms in total. The van der Waals surface area contributed by atoms with E-state index in [-0.39, 0.29) is 95.0 Å². The standard InChI is InChI=1S/C54H83N13O15S.C2H6/c1-32(2)18-41-44(71)23-35(24-47(55)73)53(78)62-42(28-68)45(72)22-34(19-36-25-57-31-59-36)51(76)58-26-48(74)60-40(50(56)75)10-5-6-12-67-27-37(65-66-67)20-33(52(77)61-41)21-39(70)29-82-17-16-81-15-14-80-13-7-9-38(69)8-3-4-11-46-49-43(30-83-46)63-54(79)64-49;1-2/h25,27,31-35,40-43,46,49,68H,3-24,26,28-30H2,1-2H3,(H2,55,73)(H2,56,75)(H,57,59)(H,58,76)(H,60,74)(H,61,77)(H,62,78)(H2,63,64,79);1-2H3/t33-,34+,35-,40+,41-,42-,43-,46-,49-;/m1./s1. The van der Waals surface area contributed by atoms with E-state index < -0.39 is 121 Å². The lowest BCUT2D eigenvalue weighted by Crippen LogP contribution is -2.50. The Morgan fingerprint density at radius 1 is 0.765 bits per heavy atom. The number of rotatable bonds is 27. The van der Waals surface area contributed by atoms with Gasteiger partial charge in [0.05, 0.1) is 87.5 Å². The molecular weight excluding hydrogens is 1130 g/mol. The number of aliphatic hydroxyl groups excluding tert-OH is 1. The molecule has 8 amide bonds. The summed E-state index contributed by atoms with van der Waals surface area (Å²) in [7, 11) is 0. The Hall–Kier alpha value is -6.69. The number of aryl methyl sites for hydroxylation is 1. The molecule has 5 rings (SSSR count). The summed E-state index contributed by atoms with van der Waals surface area (Å²) in [4.78, 5) is 152. The summed E-state index contributed by atoms with van der Waals surface area (Å²) in [5, 5.41) is 35.2. The largest absolute Gasteiger partial charge is 0.394 e. The van der Waals surface area contributed by atoms with Gasteiger partial charge in [0, 0.05) is 93.6 Å². The van der Waals surface area contributed by atoms with Crippen LogP contribution in [-0.4, -0.2) is 189 Å². The van der Waals surface area contributed by atoms with E-state index >= 15 is 0 Å². The van der Waals surface area contributed by atoms with Gasteiger partial charge in [-0.25, -0.2) is 9.78 Å². The smallest absolute Gasteiger partial charge is 0.315 e. The fourth-order valence-electron chi connectivity index (χ4n) is 10.0. The number of imidazole rings is 1. The maximum absolute atomic E-state index is 14.3. The lowest BCUT2D eigenvalue weighted by atomic mass is 9.89. The van der Waals surface area contributed by atoms with Crippen LogP contribution in [-0.2, 0) is 81.5 Å². The summed E-state index contributed by atoms with van der Waals surface area (Å²) in [5.74, 6) is -9.71. The molecule has 3 aliphatic rings. The van der Waals surface area contributed by atoms with Crippen molar-refractivity contribution in [1.29, 1.82) is 0 Å². The molecule has 5 heterocycles. The Labute approximate surface area is 499 Å². The molecule has 0 aromatic carbocycles. The number of carbonyl (C=O) groups excluding carboxylic acids is 11. The van der Waals surface area contributed by atoms with Gasteiger partial charge < -0.3 is 67.7 Å². The maximum atomic E-state index is 14.3. The average molecular weight is 1220 g/mol. The third-order valence-electron chi connectivity index (χ3n) is 14.4. The van der Waals surface area contributed by atoms with Crippen molar-refractivity contribution in [3.63, 3.8) is 0 Å². The molecule has 0 spiro atoms. The highest BCUT2D eigenvalue weighted by Gasteiger charge is 2.43. The van der Waals surface area contributed by atoms with Crippen molar-refractivity contribution >= 4 is 76.4 Å². The Kier molecular flexibility index (Phi) is 32.0. The molecule has 85 heavy (non-hydrogen) atoms. The van der Waals surface area contributed by atoms with Crippen molar-refractivity contribution in [2.75, 3.05) is 58.5 Å². The van der Waals surface area contributed by atoms with E-state index in [2.05, 4.69) is 52.2 Å². The average Bonchev–Trinajstić information content (AvgIpc) is 4.13. The van der Waals surface area contributed by atoms with Crippen molar-refractivity contribution < 1.29 is 72.1 Å². The predicted molar refractivity (Wildman–Crippen MR) is 310 cm³/mol. The minimum atomic E-state index is -1.62. The number of hydrogen-bond donors (Lipinski definition) is 10. The molecule has 12 N–H and O–H groups in total. The quantitative estimate of drug-likeness (QED) is 0.0410. The van der Waals surface area contributed by atoms with E-state index in [1.54, 1.807) is 20.0 Å². The molecule has 2 bridgehead atoms. The van der Waals surface area contributed by atoms with Crippen LogP contribution in [0.25, 0.3) is 0 Å². The number of amides is 8. The molecule has 0 unspecified atom stereocenters. The Balaban J connectivity index is 0.00000766. The SMILES string of the molecule is CC.CC(C)C[C@H]1NC(=O)[C@@H](CC(=O)COCCOCCOCCCC(=O)CCCC[C@H]2SC[C@H]3NC(=O)N[C@H]32)Cc2cn(nn2)CCCC[C@@H](C(N)=O)NC(=O)CNC(=O)[C@@H](Cc2cnc[nH]2)CC(=O)[C@@H](CO)NC(=O)[C@@H](CC(N)=O)CC1=O. The zero-order valence-electron chi connectivity index (χ0n) is 49.4. The number of primary amides is 2. The summed E-state index contributed by atoms with van der Waals surface area (Å²) in [5.41, 5.74) is 11.9. The van der Waals surface area contributed by atoms with Crippen molar-refractivity contribution in [3.05, 3.63) is 30.1 Å². The zero-order valence-corrected chi connectivity index (χ0v) is 50.2. The normalized spacial score (nSPS) is 24.1. The van der Waals surface area contributed by atoms with Gasteiger partial charge in [0.1, 0.15) is 24.5 Å². The molecule has 9 atom stereocenters. The van der Waals surface area contributed by atoms with Gasteiger partial charge in [0.2, 0.25) is 35.4 Å². The highest BCUT2D eigenvalue weighted by molar-refractivity contribution is 8.00. The molecule has 3 aliphatic heterocycles. The topological polar surface area (TPSA) is 419 Å². The van der Waals surface area contributed by atoms with E-state index in [0.717, 1.165) is 25.0 Å². The second-order valence-corrected chi connectivity index (χ2v) is 23.0. The first-order valence-corrected chi connectivity index (χ1v) is 30.6. The van der Waals surface area contributed by atoms with E-state index in [0.29, 0.717) is 61.9 Å². The summed E-state index contributed by atoms with van der Waals surface area (Å²) >= 11 is 1.86. The number of thioether (sulfide) groups is 1. The van der Waals surface area contributed by atoms with Crippen LogP contribution in [0.1, 0.15) is 129 Å². The number of hydrogen-bond acceptors (Lipinski definition) is 19. The number of nitrogens with one attached hydrogen (secondary N) is 7. The number of aromatic amines is 1. The maximum Gasteiger partial charge on any atom is 0.315 e. The highest BCUT2D eigenvalue weighted by atomic mass is 32.2. The number of H-pyrrole nitrogens is 1. The van der Waals surface area contributed by atoms with Crippen LogP contribution in [0.5, 0.6) is 0 Å². The van der Waals surface area contributed by atoms with E-state index in [1.807, 2.05) is 25.6 Å². The first kappa shape index (κ1) is 70.8. The second kappa shape index (κ2) is 38.4. The molecule has 0 saturated carbocycles. The Morgan fingerprint density at radius 2 is 1.44 bits per heavy atom. The number of fused-ring (bicyclic) bond motifs is 3. The minimum absolute atomic E-state index is 0.0474. The number of Topliss-reactive ketones (excluding diaryl/α,β-unsaturated/α-hetero) is 4. The van der Waals surface area contributed by atoms with Gasteiger partial charge in [-0.2, -0.15) is 11.8 Å². The molecule has 0 aliphatic carbocycles. The zero-order chi connectivity index (χ0) is 62.3. The van der Waals surface area contributed by atoms with Crippen LogP contribution in [0.4, 0.5) is 4.79 Å². The van der Waals surface area contributed by atoms with E-state index in [1.165, 1.54) is 17.2 Å². The van der Waals surface area contributed by atoms with Gasteiger partial charge >= 0.3 is 6.03 Å². The van der Waals surface area contributed by atoms with Crippen LogP contribution >= 0.6 is 11.8 Å². The second-order valence-electron chi connectivity index (χ2n) is 21.8. The lowest BCUT2D eigenvalue weighted by Gasteiger charge is -2.25. The first-order chi connectivity index (χ1) is 40.8.